The Morgan fingerprint density at radius 1 is 0.800 bits per heavy atom. The molecule has 6 rings (SSSR count). The predicted octanol–water partition coefficient (Wildman–Crippen LogP) is 4.08. The first-order chi connectivity index (χ1) is 23.9. The van der Waals surface area contributed by atoms with Gasteiger partial charge in [0.2, 0.25) is 5.91 Å². The highest BCUT2D eigenvalue weighted by Gasteiger charge is 2.49. The Labute approximate surface area is 288 Å². The van der Waals surface area contributed by atoms with Gasteiger partial charge in [0.25, 0.3) is 0 Å². The summed E-state index contributed by atoms with van der Waals surface area (Å²) < 4.78 is 63.8. The third-order valence-corrected chi connectivity index (χ3v) is 11.2. The van der Waals surface area contributed by atoms with Gasteiger partial charge >= 0.3 is 0 Å². The maximum absolute atomic E-state index is 13.7. The van der Waals surface area contributed by atoms with Crippen LogP contribution in [0.2, 0.25) is 0 Å². The molecule has 4 aromatic rings. The number of carbonyl (C=O) groups excluding carboxylic acids is 1. The Morgan fingerprint density at radius 2 is 1.36 bits per heavy atom. The highest BCUT2D eigenvalue weighted by atomic mass is 32.2. The van der Waals surface area contributed by atoms with Crippen molar-refractivity contribution in [3.63, 3.8) is 0 Å². The molecule has 2 heterocycles. The van der Waals surface area contributed by atoms with Gasteiger partial charge in [-0.3, -0.25) is 4.79 Å². The number of benzene rings is 4. The molecule has 8 atom stereocenters. The predicted molar refractivity (Wildman–Crippen MR) is 178 cm³/mol. The lowest BCUT2D eigenvalue weighted by Gasteiger charge is -2.48. The first kappa shape index (κ1) is 35.7. The van der Waals surface area contributed by atoms with Gasteiger partial charge < -0.3 is 34.8 Å². The minimum absolute atomic E-state index is 0.0307. The van der Waals surface area contributed by atoms with E-state index in [1.807, 2.05) is 24.3 Å². The number of halogens is 2. The van der Waals surface area contributed by atoms with Crippen molar-refractivity contribution in [3.8, 4) is 11.1 Å². The number of sulfone groups is 1. The van der Waals surface area contributed by atoms with Gasteiger partial charge in [0, 0.05) is 12.8 Å². The van der Waals surface area contributed by atoms with Gasteiger partial charge in [-0.05, 0) is 83.6 Å². The third-order valence-electron chi connectivity index (χ3n) is 9.41. The number of anilines is 1. The van der Waals surface area contributed by atoms with Crippen LogP contribution in [0.3, 0.4) is 0 Å². The van der Waals surface area contributed by atoms with Crippen LogP contribution in [-0.4, -0.2) is 78.3 Å². The van der Waals surface area contributed by atoms with Crippen molar-refractivity contribution in [3.05, 3.63) is 120 Å². The molecule has 1 amide bonds. The zero-order chi connectivity index (χ0) is 35.7. The summed E-state index contributed by atoms with van der Waals surface area (Å²) in [6.45, 7) is 0. The molecule has 2 saturated heterocycles. The lowest BCUT2D eigenvalue weighted by atomic mass is 9.78. The van der Waals surface area contributed by atoms with Crippen molar-refractivity contribution in [1.82, 2.24) is 0 Å². The van der Waals surface area contributed by atoms with E-state index in [0.29, 0.717) is 23.2 Å². The Hall–Kier alpha value is -4.08. The quantitative estimate of drug-likeness (QED) is 0.169. The molecular formula is C37H37F2NO9S. The second kappa shape index (κ2) is 14.6. The highest BCUT2D eigenvalue weighted by molar-refractivity contribution is 7.91. The number of nitrogens with zero attached hydrogens (tertiary/aromatic N) is 1. The fourth-order valence-corrected chi connectivity index (χ4v) is 8.03. The summed E-state index contributed by atoms with van der Waals surface area (Å²) in [7, 11) is -2.76. The first-order valence-corrected chi connectivity index (χ1v) is 17.7. The van der Waals surface area contributed by atoms with Crippen LogP contribution < -0.4 is 4.90 Å². The van der Waals surface area contributed by atoms with Gasteiger partial charge in [-0.15, -0.1) is 0 Å². The summed E-state index contributed by atoms with van der Waals surface area (Å²) in [5.74, 6) is -2.13. The average molecular weight is 710 g/mol. The van der Waals surface area contributed by atoms with Crippen LogP contribution >= 0.6 is 0 Å². The van der Waals surface area contributed by atoms with Crippen LogP contribution in [0.15, 0.2) is 102 Å². The molecule has 2 aliphatic rings. The van der Waals surface area contributed by atoms with Crippen molar-refractivity contribution >= 4 is 21.4 Å². The maximum Gasteiger partial charge on any atom is 0.233 e. The van der Waals surface area contributed by atoms with E-state index < -0.39 is 76.0 Å². The fraction of sp³-hybridized carbons (Fsp3) is 0.324. The van der Waals surface area contributed by atoms with Gasteiger partial charge in [0.1, 0.15) is 36.1 Å². The van der Waals surface area contributed by atoms with Crippen molar-refractivity contribution in [2.75, 3.05) is 17.8 Å². The molecule has 0 radical (unpaired) electrons. The van der Waals surface area contributed by atoms with Crippen LogP contribution in [0.5, 0.6) is 0 Å². The lowest BCUT2D eigenvalue weighted by molar-refractivity contribution is -0.285. The second-order valence-corrected chi connectivity index (χ2v) is 14.6. The summed E-state index contributed by atoms with van der Waals surface area (Å²) in [6, 6.07) is 24.4. The van der Waals surface area contributed by atoms with Crippen LogP contribution in [-0.2, 0) is 24.1 Å². The van der Waals surface area contributed by atoms with Gasteiger partial charge in [0.15, 0.2) is 16.1 Å². The number of aliphatic hydroxyl groups is 4. The summed E-state index contributed by atoms with van der Waals surface area (Å²) in [5, 5.41) is 41.2. The molecule has 2 fully saturated rings. The summed E-state index contributed by atoms with van der Waals surface area (Å²) in [6.07, 6.45) is -7.74. The minimum atomic E-state index is -3.98. The standard InChI is InChI=1S/C37H37F2NO9S/c1-48-37-35(44)34(43)33(42)31(49-37)20-50(46,47)28-16-8-22(9-17-28)21-2-4-24(5-3-21)32-29(18-19-30(41)23-6-10-25(38)11-7-23)36(45)40(32)27-14-12-26(39)13-15-27/h2-17,29-35,37,41-44H,18-20H2,1H3/t29-,30+,31?,32-,33+,34-,35+,37-/m1/s1. The highest BCUT2D eigenvalue weighted by Crippen LogP contribution is 2.46. The number of rotatable bonds is 11. The lowest BCUT2D eigenvalue weighted by Crippen LogP contribution is -2.59. The summed E-state index contributed by atoms with van der Waals surface area (Å²) >= 11 is 0. The maximum atomic E-state index is 13.7. The van der Waals surface area contributed by atoms with E-state index in [1.165, 1.54) is 67.8 Å². The Bertz CT molecular complexity index is 1890. The Balaban J connectivity index is 1.18. The van der Waals surface area contributed by atoms with Gasteiger partial charge in [-0.2, -0.15) is 0 Å². The normalized spacial score (nSPS) is 26.0. The van der Waals surface area contributed by atoms with Gasteiger partial charge in [0.05, 0.1) is 28.7 Å². The molecule has 0 aromatic heterocycles. The van der Waals surface area contributed by atoms with Crippen molar-refractivity contribution in [2.24, 2.45) is 5.92 Å². The zero-order valence-electron chi connectivity index (χ0n) is 26.9. The zero-order valence-corrected chi connectivity index (χ0v) is 27.7. The summed E-state index contributed by atoms with van der Waals surface area (Å²) in [5.41, 5.74) is 3.37. The topological polar surface area (TPSA) is 154 Å². The number of β-lactam (4-membered cyclic amide) rings is 1. The number of amides is 1. The van der Waals surface area contributed by atoms with Gasteiger partial charge in [-0.1, -0.05) is 48.5 Å². The molecule has 0 bridgehead atoms. The molecule has 4 aromatic carbocycles. The minimum Gasteiger partial charge on any atom is -0.388 e. The van der Waals surface area contributed by atoms with E-state index in [-0.39, 0.29) is 17.2 Å². The monoisotopic (exact) mass is 709 g/mol. The van der Waals surface area contributed by atoms with E-state index >= 15 is 0 Å². The molecule has 10 nitrogen and oxygen atoms in total. The smallest absolute Gasteiger partial charge is 0.233 e. The number of hydrogen-bond donors (Lipinski definition) is 4. The van der Waals surface area contributed by atoms with Crippen molar-refractivity contribution < 1.29 is 51.9 Å². The SMILES string of the molecule is CO[C@@H]1OC(CS(=O)(=O)c2ccc(-c3ccc([C@@H]4[C@@H](CC[C@H](O)c5ccc(F)cc5)C(=O)N4c4ccc(F)cc4)cc3)cc2)[C@H](O)[C@@H](O)[C@@H]1O. The number of aliphatic hydroxyl groups excluding tert-OH is 4. The third kappa shape index (κ3) is 7.21. The number of methoxy groups -OCH3 is 1. The molecule has 13 heteroatoms. The van der Waals surface area contributed by atoms with Crippen LogP contribution in [0.4, 0.5) is 14.5 Å². The molecule has 0 spiro atoms. The molecule has 0 aliphatic carbocycles. The Morgan fingerprint density at radius 3 is 1.94 bits per heavy atom. The van der Waals surface area contributed by atoms with E-state index in [2.05, 4.69) is 0 Å². The molecule has 264 valence electrons. The number of carbonyl (C=O) groups is 1. The van der Waals surface area contributed by atoms with E-state index in [9.17, 15) is 42.4 Å². The van der Waals surface area contributed by atoms with E-state index in [1.54, 1.807) is 17.0 Å². The molecule has 1 unspecified atom stereocenters. The molecule has 50 heavy (non-hydrogen) atoms. The van der Waals surface area contributed by atoms with Crippen molar-refractivity contribution in [1.29, 1.82) is 0 Å². The molecule has 4 N–H and O–H groups in total. The van der Waals surface area contributed by atoms with Gasteiger partial charge in [-0.25, -0.2) is 17.2 Å². The van der Waals surface area contributed by atoms with Crippen LogP contribution in [0, 0.1) is 17.6 Å². The fourth-order valence-electron chi connectivity index (χ4n) is 6.58. The van der Waals surface area contributed by atoms with Crippen LogP contribution in [0.1, 0.15) is 36.1 Å². The van der Waals surface area contributed by atoms with E-state index in [0.717, 1.165) is 11.1 Å². The van der Waals surface area contributed by atoms with Crippen molar-refractivity contribution in [2.45, 2.75) is 60.6 Å². The summed E-state index contributed by atoms with van der Waals surface area (Å²) in [4.78, 5) is 15.0. The molecule has 0 saturated carbocycles. The molecule has 2 aliphatic heterocycles. The number of ether oxygens (including phenoxy) is 2. The number of hydrogen-bond acceptors (Lipinski definition) is 9. The largest absolute Gasteiger partial charge is 0.388 e. The average Bonchev–Trinajstić information content (AvgIpc) is 3.12. The second-order valence-electron chi connectivity index (χ2n) is 12.6. The van der Waals surface area contributed by atoms with E-state index in [4.69, 9.17) is 9.47 Å². The first-order valence-electron chi connectivity index (χ1n) is 16.1. The molecular weight excluding hydrogens is 672 g/mol. The Kier molecular flexibility index (Phi) is 10.5. The van der Waals surface area contributed by atoms with Crippen LogP contribution in [0.25, 0.3) is 11.1 Å².